The van der Waals surface area contributed by atoms with Crippen molar-refractivity contribution >= 4 is 44.5 Å². The molecule has 1 unspecified atom stereocenters. The Labute approximate surface area is 154 Å². The van der Waals surface area contributed by atoms with Crippen LogP contribution in [0.5, 0.6) is 0 Å². The standard InChI is InChI=1S/C17H14ClNO6S/c18-15-9(17(22)13-10(20)2-1-3-11(13)21)4-5-12-14(15)16-8(6-25-19-16)7-26(12,23)24/h4-5,8,22H,1-3,6-7H2. The molecule has 1 atom stereocenters. The Balaban J connectivity index is 1.95. The molecule has 4 rings (SSSR count). The number of aliphatic hydroxyl groups excluding tert-OH is 1. The number of sulfone groups is 1. The van der Waals surface area contributed by atoms with Crippen molar-refractivity contribution in [3.8, 4) is 0 Å². The fourth-order valence-corrected chi connectivity index (χ4v) is 5.70. The van der Waals surface area contributed by atoms with E-state index in [-0.39, 0.29) is 51.8 Å². The van der Waals surface area contributed by atoms with Crippen molar-refractivity contribution in [1.29, 1.82) is 0 Å². The number of hydrogen-bond donors (Lipinski definition) is 1. The molecule has 3 aliphatic rings. The number of allylic oxidation sites excluding steroid dienone is 1. The molecule has 1 aromatic rings. The second-order valence-corrected chi connectivity index (χ2v) is 8.86. The number of halogens is 1. The van der Waals surface area contributed by atoms with Gasteiger partial charge in [0.15, 0.2) is 21.4 Å². The topological polar surface area (TPSA) is 110 Å². The first-order valence-corrected chi connectivity index (χ1v) is 10.1. The number of fused-ring (bicyclic) bond motifs is 3. The molecule has 0 radical (unpaired) electrons. The average Bonchev–Trinajstić information content (AvgIpc) is 3.01. The Bertz CT molecular complexity index is 1010. The second kappa shape index (κ2) is 5.92. The summed E-state index contributed by atoms with van der Waals surface area (Å²) in [5.41, 5.74) is 0.328. The van der Waals surface area contributed by atoms with E-state index in [0.29, 0.717) is 12.1 Å². The average molecular weight is 396 g/mol. The van der Waals surface area contributed by atoms with Crippen LogP contribution in [0.2, 0.25) is 5.02 Å². The van der Waals surface area contributed by atoms with Crippen molar-refractivity contribution < 1.29 is 28.0 Å². The van der Waals surface area contributed by atoms with Gasteiger partial charge in [-0.05, 0) is 18.6 Å². The number of oxime groups is 1. The predicted molar refractivity (Wildman–Crippen MR) is 92.9 cm³/mol. The van der Waals surface area contributed by atoms with Crippen molar-refractivity contribution in [2.24, 2.45) is 11.1 Å². The Hall–Kier alpha value is -2.19. The molecule has 9 heteroatoms. The number of carbonyl (C=O) groups is 2. The molecule has 26 heavy (non-hydrogen) atoms. The van der Waals surface area contributed by atoms with Gasteiger partial charge in [-0.3, -0.25) is 9.59 Å². The van der Waals surface area contributed by atoms with Crippen LogP contribution in [0.25, 0.3) is 5.76 Å². The van der Waals surface area contributed by atoms with Gasteiger partial charge in [-0.15, -0.1) is 0 Å². The summed E-state index contributed by atoms with van der Waals surface area (Å²) in [6.07, 6.45) is 0.788. The zero-order chi connectivity index (χ0) is 18.6. The Morgan fingerprint density at radius 1 is 1.23 bits per heavy atom. The summed E-state index contributed by atoms with van der Waals surface area (Å²) in [5.74, 6) is -1.97. The summed E-state index contributed by atoms with van der Waals surface area (Å²) < 4.78 is 25.0. The van der Waals surface area contributed by atoms with Gasteiger partial charge >= 0.3 is 0 Å². The highest BCUT2D eigenvalue weighted by atomic mass is 35.5. The van der Waals surface area contributed by atoms with Crippen LogP contribution in [-0.2, 0) is 24.3 Å². The lowest BCUT2D eigenvalue weighted by atomic mass is 9.89. The van der Waals surface area contributed by atoms with Crippen molar-refractivity contribution in [3.05, 3.63) is 33.9 Å². The van der Waals surface area contributed by atoms with Gasteiger partial charge in [0.25, 0.3) is 0 Å². The minimum absolute atomic E-state index is 0.00541. The normalized spacial score (nSPS) is 23.8. The van der Waals surface area contributed by atoms with Crippen LogP contribution < -0.4 is 0 Å². The lowest BCUT2D eigenvalue weighted by Gasteiger charge is -2.23. The number of Topliss-reactive ketones (excluding diaryl/α,β-unsaturated/α-hetero) is 2. The minimum Gasteiger partial charge on any atom is -0.506 e. The third-order valence-corrected chi connectivity index (χ3v) is 7.04. The molecule has 0 spiro atoms. The van der Waals surface area contributed by atoms with E-state index in [1.807, 2.05) is 0 Å². The van der Waals surface area contributed by atoms with Gasteiger partial charge in [0, 0.05) is 24.0 Å². The van der Waals surface area contributed by atoms with Crippen LogP contribution >= 0.6 is 11.6 Å². The van der Waals surface area contributed by atoms with E-state index in [4.69, 9.17) is 16.4 Å². The molecule has 136 valence electrons. The summed E-state index contributed by atoms with van der Waals surface area (Å²) in [7, 11) is -3.58. The monoisotopic (exact) mass is 395 g/mol. The van der Waals surface area contributed by atoms with Gasteiger partial charge in [0.1, 0.15) is 17.9 Å². The highest BCUT2D eigenvalue weighted by Crippen LogP contribution is 2.40. The number of hydrogen-bond acceptors (Lipinski definition) is 7. The van der Waals surface area contributed by atoms with E-state index < -0.39 is 33.1 Å². The van der Waals surface area contributed by atoms with Gasteiger partial charge in [-0.1, -0.05) is 16.8 Å². The molecule has 0 aromatic heterocycles. The van der Waals surface area contributed by atoms with Crippen molar-refractivity contribution in [1.82, 2.24) is 0 Å². The molecule has 0 saturated heterocycles. The molecule has 0 amide bonds. The third-order valence-electron chi connectivity index (χ3n) is 4.80. The quantitative estimate of drug-likeness (QED) is 0.442. The Morgan fingerprint density at radius 2 is 1.92 bits per heavy atom. The highest BCUT2D eigenvalue weighted by molar-refractivity contribution is 7.91. The largest absolute Gasteiger partial charge is 0.506 e. The molecule has 7 nitrogen and oxygen atoms in total. The van der Waals surface area contributed by atoms with Gasteiger partial charge in [0.05, 0.1) is 27.3 Å². The van der Waals surface area contributed by atoms with Crippen LogP contribution in [-0.4, -0.2) is 43.2 Å². The van der Waals surface area contributed by atoms with Gasteiger partial charge in [-0.2, -0.15) is 0 Å². The number of carbonyl (C=O) groups excluding carboxylic acids is 2. The molecule has 1 saturated carbocycles. The van der Waals surface area contributed by atoms with E-state index in [0.717, 1.165) is 0 Å². The molecular weight excluding hydrogens is 382 g/mol. The first kappa shape index (κ1) is 17.2. The molecule has 1 aromatic carbocycles. The SMILES string of the molecule is O=C1CCCC(=O)C1=C(O)c1ccc2c(c1Cl)C1=NOCC1CS2(=O)=O. The van der Waals surface area contributed by atoms with Crippen LogP contribution in [0, 0.1) is 5.92 Å². The van der Waals surface area contributed by atoms with Gasteiger partial charge in [0.2, 0.25) is 0 Å². The zero-order valence-corrected chi connectivity index (χ0v) is 15.1. The summed E-state index contributed by atoms with van der Waals surface area (Å²) in [5, 5.41) is 14.4. The van der Waals surface area contributed by atoms with Crippen LogP contribution in [0.1, 0.15) is 30.4 Å². The number of ketones is 2. The maximum atomic E-state index is 12.5. The molecule has 2 aliphatic heterocycles. The van der Waals surface area contributed by atoms with Crippen LogP contribution in [0.15, 0.2) is 27.8 Å². The number of aliphatic hydroxyl groups is 1. The molecular formula is C17H14ClNO6S. The molecule has 1 fully saturated rings. The van der Waals surface area contributed by atoms with Crippen LogP contribution in [0.4, 0.5) is 0 Å². The van der Waals surface area contributed by atoms with Crippen molar-refractivity contribution in [2.45, 2.75) is 24.2 Å². The molecule has 0 bridgehead atoms. The second-order valence-electron chi connectivity index (χ2n) is 6.47. The number of nitrogens with zero attached hydrogens (tertiary/aromatic N) is 1. The van der Waals surface area contributed by atoms with Crippen molar-refractivity contribution in [2.75, 3.05) is 12.4 Å². The predicted octanol–water partition coefficient (Wildman–Crippen LogP) is 2.07. The summed E-state index contributed by atoms with van der Waals surface area (Å²) in [6.45, 7) is 0.138. The maximum absolute atomic E-state index is 12.5. The van der Waals surface area contributed by atoms with E-state index in [1.54, 1.807) is 0 Å². The Kier molecular flexibility index (Phi) is 3.92. The summed E-state index contributed by atoms with van der Waals surface area (Å²) >= 11 is 6.41. The third kappa shape index (κ3) is 2.47. The van der Waals surface area contributed by atoms with Gasteiger partial charge < -0.3 is 9.94 Å². The molecule has 1 aliphatic carbocycles. The molecule has 2 heterocycles. The summed E-state index contributed by atoms with van der Waals surface area (Å²) in [6, 6.07) is 2.63. The first-order valence-electron chi connectivity index (χ1n) is 8.06. The first-order chi connectivity index (χ1) is 12.3. The smallest absolute Gasteiger partial charge is 0.179 e. The maximum Gasteiger partial charge on any atom is 0.179 e. The van der Waals surface area contributed by atoms with E-state index in [1.165, 1.54) is 12.1 Å². The van der Waals surface area contributed by atoms with Gasteiger partial charge in [-0.25, -0.2) is 8.42 Å². The van der Waals surface area contributed by atoms with E-state index in [9.17, 15) is 23.1 Å². The van der Waals surface area contributed by atoms with Crippen molar-refractivity contribution in [3.63, 3.8) is 0 Å². The lowest BCUT2D eigenvalue weighted by Crippen LogP contribution is -2.32. The van der Waals surface area contributed by atoms with Crippen LogP contribution in [0.3, 0.4) is 0 Å². The van der Waals surface area contributed by atoms with E-state index in [2.05, 4.69) is 5.16 Å². The fraction of sp³-hybridized carbons (Fsp3) is 0.353. The summed E-state index contributed by atoms with van der Waals surface area (Å²) in [4.78, 5) is 29.2. The minimum atomic E-state index is -3.58. The number of benzene rings is 1. The highest BCUT2D eigenvalue weighted by Gasteiger charge is 2.41. The fourth-order valence-electron chi connectivity index (χ4n) is 3.53. The lowest BCUT2D eigenvalue weighted by molar-refractivity contribution is -0.123. The molecule has 1 N–H and O–H groups in total. The number of rotatable bonds is 1. The zero-order valence-electron chi connectivity index (χ0n) is 13.5. The Morgan fingerprint density at radius 3 is 2.62 bits per heavy atom. The van der Waals surface area contributed by atoms with E-state index >= 15 is 0 Å².